The Hall–Kier alpha value is -1.87. The number of carbonyl (C=O) groups excluding carboxylic acids is 1. The van der Waals surface area contributed by atoms with Crippen LogP contribution in [0, 0.1) is 5.41 Å². The number of aromatic nitrogens is 1. The monoisotopic (exact) mass is 288 g/mol. The summed E-state index contributed by atoms with van der Waals surface area (Å²) in [5.41, 5.74) is 1.91. The van der Waals surface area contributed by atoms with Crippen LogP contribution in [0.2, 0.25) is 5.15 Å². The molecule has 1 aromatic heterocycles. The molecule has 1 amide bonds. The summed E-state index contributed by atoms with van der Waals surface area (Å²) in [4.78, 5) is 16.2. The number of hydrogen-bond acceptors (Lipinski definition) is 2. The van der Waals surface area contributed by atoms with Crippen LogP contribution in [0.3, 0.4) is 0 Å². The molecule has 0 saturated heterocycles. The van der Waals surface area contributed by atoms with Crippen molar-refractivity contribution in [2.45, 2.75) is 20.8 Å². The third kappa shape index (κ3) is 3.17. The van der Waals surface area contributed by atoms with E-state index in [2.05, 4.69) is 10.3 Å². The summed E-state index contributed by atoms with van der Waals surface area (Å²) in [6.07, 6.45) is 1.64. The number of carbonyl (C=O) groups is 1. The van der Waals surface area contributed by atoms with Gasteiger partial charge in [-0.15, -0.1) is 0 Å². The van der Waals surface area contributed by atoms with Crippen LogP contribution in [-0.2, 0) is 4.79 Å². The van der Waals surface area contributed by atoms with E-state index in [1.807, 2.05) is 57.2 Å². The molecular weight excluding hydrogens is 272 g/mol. The summed E-state index contributed by atoms with van der Waals surface area (Å²) < 4.78 is 0. The predicted molar refractivity (Wildman–Crippen MR) is 82.8 cm³/mol. The summed E-state index contributed by atoms with van der Waals surface area (Å²) in [6, 6.07) is 11.6. The SMILES string of the molecule is CC(C)(C)C(=O)Nc1c(-c2ccccc2)ccnc1Cl. The predicted octanol–water partition coefficient (Wildman–Crippen LogP) is 4.39. The lowest BCUT2D eigenvalue weighted by Gasteiger charge is -2.20. The zero-order chi connectivity index (χ0) is 14.8. The maximum atomic E-state index is 12.2. The average Bonchev–Trinajstić information content (AvgIpc) is 2.41. The minimum Gasteiger partial charge on any atom is -0.322 e. The molecule has 0 aliphatic carbocycles. The van der Waals surface area contributed by atoms with Crippen LogP contribution in [0.25, 0.3) is 11.1 Å². The van der Waals surface area contributed by atoms with E-state index in [-0.39, 0.29) is 5.91 Å². The van der Waals surface area contributed by atoms with Gasteiger partial charge < -0.3 is 5.32 Å². The van der Waals surface area contributed by atoms with Crippen LogP contribution in [0.5, 0.6) is 0 Å². The summed E-state index contributed by atoms with van der Waals surface area (Å²) >= 11 is 6.15. The van der Waals surface area contributed by atoms with Crippen molar-refractivity contribution in [3.63, 3.8) is 0 Å². The molecule has 4 heteroatoms. The van der Waals surface area contributed by atoms with Crippen molar-refractivity contribution in [2.75, 3.05) is 5.32 Å². The van der Waals surface area contributed by atoms with E-state index >= 15 is 0 Å². The molecule has 0 aliphatic heterocycles. The largest absolute Gasteiger partial charge is 0.322 e. The maximum Gasteiger partial charge on any atom is 0.229 e. The molecule has 1 heterocycles. The molecule has 2 rings (SSSR count). The number of pyridine rings is 1. The molecule has 1 aromatic carbocycles. The number of anilines is 1. The van der Waals surface area contributed by atoms with E-state index in [0.717, 1.165) is 11.1 Å². The van der Waals surface area contributed by atoms with E-state index < -0.39 is 5.41 Å². The van der Waals surface area contributed by atoms with Crippen LogP contribution in [0.15, 0.2) is 42.6 Å². The van der Waals surface area contributed by atoms with Gasteiger partial charge in [-0.25, -0.2) is 4.98 Å². The van der Waals surface area contributed by atoms with Gasteiger partial charge in [0, 0.05) is 17.2 Å². The summed E-state index contributed by atoms with van der Waals surface area (Å²) in [5, 5.41) is 3.18. The van der Waals surface area contributed by atoms with E-state index in [4.69, 9.17) is 11.6 Å². The number of halogens is 1. The lowest BCUT2D eigenvalue weighted by Crippen LogP contribution is -2.28. The Labute approximate surface area is 124 Å². The maximum absolute atomic E-state index is 12.2. The summed E-state index contributed by atoms with van der Waals surface area (Å²) in [6.45, 7) is 5.57. The Morgan fingerprint density at radius 2 is 1.80 bits per heavy atom. The standard InChI is InChI=1S/C16H17ClN2O/c1-16(2,3)15(20)19-13-12(9-10-18-14(13)17)11-7-5-4-6-8-11/h4-10H,1-3H3,(H,19,20). The fourth-order valence-electron chi connectivity index (χ4n) is 1.71. The second kappa shape index (κ2) is 5.63. The molecular formula is C16H17ClN2O. The van der Waals surface area contributed by atoms with Crippen molar-refractivity contribution in [3.8, 4) is 11.1 Å². The number of nitrogens with zero attached hydrogens (tertiary/aromatic N) is 1. The first-order valence-electron chi connectivity index (χ1n) is 6.41. The van der Waals surface area contributed by atoms with Gasteiger partial charge in [0.25, 0.3) is 0 Å². The third-order valence-corrected chi connectivity index (χ3v) is 3.20. The van der Waals surface area contributed by atoms with Gasteiger partial charge in [-0.05, 0) is 11.6 Å². The first-order valence-corrected chi connectivity index (χ1v) is 6.79. The highest BCUT2D eigenvalue weighted by atomic mass is 35.5. The fourth-order valence-corrected chi connectivity index (χ4v) is 1.92. The van der Waals surface area contributed by atoms with Crippen molar-refractivity contribution >= 4 is 23.2 Å². The smallest absolute Gasteiger partial charge is 0.229 e. The number of amides is 1. The average molecular weight is 289 g/mol. The third-order valence-electron chi connectivity index (χ3n) is 2.91. The molecule has 0 spiro atoms. The highest BCUT2D eigenvalue weighted by Crippen LogP contribution is 2.33. The van der Waals surface area contributed by atoms with E-state index in [0.29, 0.717) is 10.8 Å². The van der Waals surface area contributed by atoms with Crippen LogP contribution < -0.4 is 5.32 Å². The van der Waals surface area contributed by atoms with Gasteiger partial charge in [0.2, 0.25) is 5.91 Å². The molecule has 20 heavy (non-hydrogen) atoms. The molecule has 2 aromatic rings. The number of hydrogen-bond donors (Lipinski definition) is 1. The molecule has 0 bridgehead atoms. The lowest BCUT2D eigenvalue weighted by atomic mass is 9.95. The highest BCUT2D eigenvalue weighted by Gasteiger charge is 2.23. The first-order chi connectivity index (χ1) is 9.39. The Balaban J connectivity index is 2.45. The van der Waals surface area contributed by atoms with Gasteiger partial charge in [0.05, 0.1) is 5.69 Å². The molecule has 104 valence electrons. The van der Waals surface area contributed by atoms with Crippen molar-refractivity contribution in [1.82, 2.24) is 4.98 Å². The van der Waals surface area contributed by atoms with Gasteiger partial charge >= 0.3 is 0 Å². The Kier molecular flexibility index (Phi) is 4.09. The zero-order valence-corrected chi connectivity index (χ0v) is 12.5. The highest BCUT2D eigenvalue weighted by molar-refractivity contribution is 6.33. The van der Waals surface area contributed by atoms with Crippen LogP contribution in [-0.4, -0.2) is 10.9 Å². The van der Waals surface area contributed by atoms with Crippen molar-refractivity contribution in [1.29, 1.82) is 0 Å². The molecule has 0 fully saturated rings. The summed E-state index contributed by atoms with van der Waals surface area (Å²) in [5.74, 6) is -0.0930. The molecule has 0 atom stereocenters. The second-order valence-electron chi connectivity index (χ2n) is 5.59. The Bertz CT molecular complexity index is 618. The van der Waals surface area contributed by atoms with Gasteiger partial charge in [0.1, 0.15) is 0 Å². The molecule has 0 aliphatic rings. The van der Waals surface area contributed by atoms with Crippen molar-refractivity contribution in [2.24, 2.45) is 5.41 Å². The first kappa shape index (κ1) is 14.5. The molecule has 0 saturated carbocycles. The number of rotatable bonds is 2. The van der Waals surface area contributed by atoms with E-state index in [1.54, 1.807) is 6.20 Å². The minimum absolute atomic E-state index is 0.0930. The topological polar surface area (TPSA) is 42.0 Å². The van der Waals surface area contributed by atoms with Gasteiger partial charge in [-0.3, -0.25) is 4.79 Å². The van der Waals surface area contributed by atoms with Crippen LogP contribution >= 0.6 is 11.6 Å². The van der Waals surface area contributed by atoms with Gasteiger partial charge in [-0.1, -0.05) is 62.7 Å². The van der Waals surface area contributed by atoms with Crippen molar-refractivity contribution < 1.29 is 4.79 Å². The quantitative estimate of drug-likeness (QED) is 0.833. The number of benzene rings is 1. The lowest BCUT2D eigenvalue weighted by molar-refractivity contribution is -0.123. The van der Waals surface area contributed by atoms with Crippen LogP contribution in [0.4, 0.5) is 5.69 Å². The molecule has 0 radical (unpaired) electrons. The molecule has 1 N–H and O–H groups in total. The molecule has 3 nitrogen and oxygen atoms in total. The summed E-state index contributed by atoms with van der Waals surface area (Å²) in [7, 11) is 0. The van der Waals surface area contributed by atoms with Gasteiger partial charge in [0.15, 0.2) is 5.15 Å². The van der Waals surface area contributed by atoms with Crippen molar-refractivity contribution in [3.05, 3.63) is 47.7 Å². The molecule has 0 unspecified atom stereocenters. The normalized spacial score (nSPS) is 11.2. The Morgan fingerprint density at radius 3 is 2.40 bits per heavy atom. The minimum atomic E-state index is -0.493. The van der Waals surface area contributed by atoms with Gasteiger partial charge in [-0.2, -0.15) is 0 Å². The second-order valence-corrected chi connectivity index (χ2v) is 5.95. The number of nitrogens with one attached hydrogen (secondary N) is 1. The Morgan fingerprint density at radius 1 is 1.15 bits per heavy atom. The fraction of sp³-hybridized carbons (Fsp3) is 0.250. The van der Waals surface area contributed by atoms with Crippen LogP contribution in [0.1, 0.15) is 20.8 Å². The zero-order valence-electron chi connectivity index (χ0n) is 11.8. The van der Waals surface area contributed by atoms with E-state index in [1.165, 1.54) is 0 Å². The van der Waals surface area contributed by atoms with E-state index in [9.17, 15) is 4.79 Å².